The van der Waals surface area contributed by atoms with Crippen LogP contribution in [0.4, 0.5) is 9.18 Å². The Morgan fingerprint density at radius 3 is 2.25 bits per heavy atom. The SMILES string of the molecule is CCc1ccc(/C=C2\NC(=O)N(Cc3ccc(F)cc3)C2=O)cc1. The number of carbonyl (C=O) groups excluding carboxylic acids is 2. The highest BCUT2D eigenvalue weighted by atomic mass is 19.1. The minimum atomic E-state index is -0.472. The van der Waals surface area contributed by atoms with Gasteiger partial charge >= 0.3 is 6.03 Å². The summed E-state index contributed by atoms with van der Waals surface area (Å²) in [5.41, 5.74) is 2.98. The number of rotatable bonds is 4. The van der Waals surface area contributed by atoms with Gasteiger partial charge in [-0.25, -0.2) is 9.18 Å². The van der Waals surface area contributed by atoms with E-state index >= 15 is 0 Å². The molecule has 1 aliphatic rings. The normalized spacial score (nSPS) is 15.9. The third kappa shape index (κ3) is 3.35. The highest BCUT2D eigenvalue weighted by Crippen LogP contribution is 2.17. The molecule has 2 aromatic carbocycles. The van der Waals surface area contributed by atoms with Crippen LogP contribution in [0.15, 0.2) is 54.2 Å². The molecule has 4 nitrogen and oxygen atoms in total. The fraction of sp³-hybridized carbons (Fsp3) is 0.158. The Hall–Kier alpha value is -2.95. The molecular formula is C19H17FN2O2. The predicted molar refractivity (Wildman–Crippen MR) is 89.3 cm³/mol. The van der Waals surface area contributed by atoms with Gasteiger partial charge in [0.2, 0.25) is 0 Å². The van der Waals surface area contributed by atoms with E-state index < -0.39 is 6.03 Å². The van der Waals surface area contributed by atoms with E-state index in [1.807, 2.05) is 24.3 Å². The summed E-state index contributed by atoms with van der Waals surface area (Å²) in [6.45, 7) is 2.18. The topological polar surface area (TPSA) is 49.4 Å². The van der Waals surface area contributed by atoms with Crippen molar-refractivity contribution in [2.75, 3.05) is 0 Å². The van der Waals surface area contributed by atoms with Crippen LogP contribution in [0.2, 0.25) is 0 Å². The zero-order valence-corrected chi connectivity index (χ0v) is 13.3. The number of imide groups is 1. The average Bonchev–Trinajstić information content (AvgIpc) is 2.85. The zero-order valence-electron chi connectivity index (χ0n) is 13.3. The zero-order chi connectivity index (χ0) is 17.1. The maximum absolute atomic E-state index is 12.9. The molecule has 1 saturated heterocycles. The third-order valence-corrected chi connectivity index (χ3v) is 3.92. The molecule has 0 aromatic heterocycles. The Bertz CT molecular complexity index is 795. The smallest absolute Gasteiger partial charge is 0.303 e. The number of hydrogen-bond donors (Lipinski definition) is 1. The van der Waals surface area contributed by atoms with Crippen LogP contribution in [0.25, 0.3) is 6.08 Å². The number of urea groups is 1. The number of halogens is 1. The number of nitrogens with one attached hydrogen (secondary N) is 1. The van der Waals surface area contributed by atoms with E-state index in [4.69, 9.17) is 0 Å². The predicted octanol–water partition coefficient (Wildman–Crippen LogP) is 3.48. The lowest BCUT2D eigenvalue weighted by Crippen LogP contribution is -2.30. The van der Waals surface area contributed by atoms with Gasteiger partial charge in [-0.2, -0.15) is 0 Å². The minimum Gasteiger partial charge on any atom is -0.303 e. The summed E-state index contributed by atoms with van der Waals surface area (Å²) < 4.78 is 12.9. The molecule has 1 aliphatic heterocycles. The lowest BCUT2D eigenvalue weighted by molar-refractivity contribution is -0.123. The lowest BCUT2D eigenvalue weighted by Gasteiger charge is -2.11. The molecule has 3 amide bonds. The Morgan fingerprint density at radius 2 is 1.62 bits per heavy atom. The van der Waals surface area contributed by atoms with Crippen molar-refractivity contribution in [1.29, 1.82) is 0 Å². The van der Waals surface area contributed by atoms with Crippen LogP contribution in [-0.2, 0) is 17.8 Å². The van der Waals surface area contributed by atoms with Crippen molar-refractivity contribution in [2.45, 2.75) is 19.9 Å². The first-order chi connectivity index (χ1) is 11.6. The van der Waals surface area contributed by atoms with Crippen LogP contribution in [0, 0.1) is 5.82 Å². The number of benzene rings is 2. The monoisotopic (exact) mass is 324 g/mol. The summed E-state index contributed by atoms with van der Waals surface area (Å²) in [4.78, 5) is 25.6. The summed E-state index contributed by atoms with van der Waals surface area (Å²) in [7, 11) is 0. The fourth-order valence-corrected chi connectivity index (χ4v) is 2.50. The van der Waals surface area contributed by atoms with Crippen LogP contribution >= 0.6 is 0 Å². The molecule has 2 aromatic rings. The summed E-state index contributed by atoms with van der Waals surface area (Å²) >= 11 is 0. The van der Waals surface area contributed by atoms with Crippen molar-refractivity contribution in [3.05, 3.63) is 76.7 Å². The van der Waals surface area contributed by atoms with Crippen molar-refractivity contribution in [3.8, 4) is 0 Å². The van der Waals surface area contributed by atoms with E-state index in [1.165, 1.54) is 17.7 Å². The molecule has 122 valence electrons. The lowest BCUT2D eigenvalue weighted by atomic mass is 10.1. The minimum absolute atomic E-state index is 0.108. The number of nitrogens with zero attached hydrogens (tertiary/aromatic N) is 1. The van der Waals surface area contributed by atoms with E-state index in [0.29, 0.717) is 5.56 Å². The summed E-state index contributed by atoms with van der Waals surface area (Å²) in [5.74, 6) is -0.740. The van der Waals surface area contributed by atoms with Gasteiger partial charge in [0.25, 0.3) is 5.91 Å². The van der Waals surface area contributed by atoms with Gasteiger partial charge < -0.3 is 5.32 Å². The number of aryl methyl sites for hydroxylation is 1. The van der Waals surface area contributed by atoms with E-state index in [2.05, 4.69) is 12.2 Å². The standard InChI is InChI=1S/C19H17FN2O2/c1-2-13-3-5-14(6-4-13)11-17-18(23)22(19(24)21-17)12-15-7-9-16(20)10-8-15/h3-11H,2,12H2,1H3,(H,21,24)/b17-11-. The van der Waals surface area contributed by atoms with E-state index in [0.717, 1.165) is 16.9 Å². The first-order valence-corrected chi connectivity index (χ1v) is 7.74. The Kier molecular flexibility index (Phi) is 4.42. The first kappa shape index (κ1) is 15.9. The molecule has 24 heavy (non-hydrogen) atoms. The van der Waals surface area contributed by atoms with Crippen LogP contribution < -0.4 is 5.32 Å². The summed E-state index contributed by atoms with van der Waals surface area (Å²) in [6.07, 6.45) is 2.60. The Labute approximate surface area is 139 Å². The highest BCUT2D eigenvalue weighted by molar-refractivity contribution is 6.13. The third-order valence-electron chi connectivity index (χ3n) is 3.92. The van der Waals surface area contributed by atoms with E-state index in [-0.39, 0.29) is 24.0 Å². The molecule has 0 spiro atoms. The van der Waals surface area contributed by atoms with Crippen LogP contribution in [0.5, 0.6) is 0 Å². The van der Waals surface area contributed by atoms with E-state index in [9.17, 15) is 14.0 Å². The number of amides is 3. The molecular weight excluding hydrogens is 307 g/mol. The summed E-state index contributed by atoms with van der Waals surface area (Å²) in [6, 6.07) is 13.1. The molecule has 0 radical (unpaired) electrons. The molecule has 0 atom stereocenters. The van der Waals surface area contributed by atoms with Gasteiger partial charge in [0.1, 0.15) is 11.5 Å². The van der Waals surface area contributed by atoms with Gasteiger partial charge in [-0.05, 0) is 41.3 Å². The maximum Gasteiger partial charge on any atom is 0.329 e. The van der Waals surface area contributed by atoms with Crippen LogP contribution in [0.1, 0.15) is 23.6 Å². The van der Waals surface area contributed by atoms with Gasteiger partial charge in [0, 0.05) is 0 Å². The average molecular weight is 324 g/mol. The molecule has 0 saturated carbocycles. The second-order valence-corrected chi connectivity index (χ2v) is 5.60. The molecule has 1 N–H and O–H groups in total. The largest absolute Gasteiger partial charge is 0.329 e. The second kappa shape index (κ2) is 6.66. The van der Waals surface area contributed by atoms with Crippen LogP contribution in [-0.4, -0.2) is 16.8 Å². The van der Waals surface area contributed by atoms with Gasteiger partial charge in [-0.3, -0.25) is 9.69 Å². The highest BCUT2D eigenvalue weighted by Gasteiger charge is 2.33. The first-order valence-electron chi connectivity index (χ1n) is 7.74. The second-order valence-electron chi connectivity index (χ2n) is 5.60. The van der Waals surface area contributed by atoms with Gasteiger partial charge in [-0.15, -0.1) is 0 Å². The number of hydrogen-bond acceptors (Lipinski definition) is 2. The fourth-order valence-electron chi connectivity index (χ4n) is 2.50. The Balaban J connectivity index is 1.77. The van der Waals surface area contributed by atoms with Gasteiger partial charge in [-0.1, -0.05) is 43.3 Å². The Morgan fingerprint density at radius 1 is 1.00 bits per heavy atom. The van der Waals surface area contributed by atoms with Crippen molar-refractivity contribution < 1.29 is 14.0 Å². The quantitative estimate of drug-likeness (QED) is 0.691. The van der Waals surface area contributed by atoms with Crippen molar-refractivity contribution >= 4 is 18.0 Å². The van der Waals surface area contributed by atoms with Gasteiger partial charge in [0.15, 0.2) is 0 Å². The number of carbonyl (C=O) groups is 2. The van der Waals surface area contributed by atoms with Crippen molar-refractivity contribution in [2.24, 2.45) is 0 Å². The molecule has 3 rings (SSSR count). The molecule has 1 heterocycles. The van der Waals surface area contributed by atoms with Crippen LogP contribution in [0.3, 0.4) is 0 Å². The molecule has 0 bridgehead atoms. The van der Waals surface area contributed by atoms with Gasteiger partial charge in [0.05, 0.1) is 6.54 Å². The summed E-state index contributed by atoms with van der Waals surface area (Å²) in [5, 5.41) is 2.59. The molecule has 0 unspecified atom stereocenters. The maximum atomic E-state index is 12.9. The molecule has 5 heteroatoms. The van der Waals surface area contributed by atoms with Crippen molar-refractivity contribution in [3.63, 3.8) is 0 Å². The van der Waals surface area contributed by atoms with E-state index in [1.54, 1.807) is 18.2 Å². The van der Waals surface area contributed by atoms with Crippen molar-refractivity contribution in [1.82, 2.24) is 10.2 Å². The molecule has 1 fully saturated rings. The molecule has 0 aliphatic carbocycles.